The summed E-state index contributed by atoms with van der Waals surface area (Å²) in [6, 6.07) is 25.5. The Bertz CT molecular complexity index is 1110. The zero-order chi connectivity index (χ0) is 19.3. The molecule has 0 unspecified atom stereocenters. The molecule has 140 valence electrons. The summed E-state index contributed by atoms with van der Waals surface area (Å²) in [6.07, 6.45) is 0.827. The molecule has 28 heavy (non-hydrogen) atoms. The first-order valence-electron chi connectivity index (χ1n) is 9.18. The second-order valence-corrected chi connectivity index (χ2v) is 7.02. The van der Waals surface area contributed by atoms with E-state index in [0.29, 0.717) is 23.1 Å². The molecule has 0 aromatic heterocycles. The number of benzene rings is 3. The molecule has 1 N–H and O–H groups in total. The summed E-state index contributed by atoms with van der Waals surface area (Å²) in [7, 11) is 0. The Kier molecular flexibility index (Phi) is 5.51. The van der Waals surface area contributed by atoms with Crippen molar-refractivity contribution in [3.63, 3.8) is 0 Å². The second-order valence-electron chi connectivity index (χ2n) is 6.58. The van der Waals surface area contributed by atoms with Gasteiger partial charge in [0, 0.05) is 22.3 Å². The van der Waals surface area contributed by atoms with E-state index >= 15 is 0 Å². The summed E-state index contributed by atoms with van der Waals surface area (Å²) in [5.41, 5.74) is 2.80. The van der Waals surface area contributed by atoms with E-state index in [2.05, 4.69) is 17.1 Å². The van der Waals surface area contributed by atoms with E-state index in [-0.39, 0.29) is 6.54 Å². The van der Waals surface area contributed by atoms with Gasteiger partial charge < -0.3 is 0 Å². The van der Waals surface area contributed by atoms with Gasteiger partial charge in [-0.25, -0.2) is 10.1 Å². The Morgan fingerprint density at radius 1 is 0.964 bits per heavy atom. The Labute approximate surface area is 168 Å². The number of hydrogen-bond acceptors (Lipinski definition) is 3. The lowest BCUT2D eigenvalue weighted by molar-refractivity contribution is -0.0120. The number of halogens is 1. The highest BCUT2D eigenvalue weighted by atomic mass is 35.5. The van der Waals surface area contributed by atoms with E-state index < -0.39 is 0 Å². The summed E-state index contributed by atoms with van der Waals surface area (Å²) in [4.78, 5) is 9.35. The highest BCUT2D eigenvalue weighted by Gasteiger charge is 2.17. The first-order chi connectivity index (χ1) is 13.7. The lowest BCUT2D eigenvalue weighted by atomic mass is 10.1. The number of nitrogens with zero attached hydrogens (tertiary/aromatic N) is 3. The third-order valence-corrected chi connectivity index (χ3v) is 4.83. The molecule has 0 spiro atoms. The van der Waals surface area contributed by atoms with Crippen molar-refractivity contribution in [2.75, 3.05) is 13.1 Å². The summed E-state index contributed by atoms with van der Waals surface area (Å²) in [5, 5.41) is 14.2. The molecule has 3 aromatic rings. The van der Waals surface area contributed by atoms with E-state index in [1.807, 2.05) is 60.7 Å². The predicted molar refractivity (Wildman–Crippen MR) is 112 cm³/mol. The molecule has 0 aliphatic carbocycles. The molecule has 0 saturated heterocycles. The molecule has 0 atom stereocenters. The molecule has 5 heteroatoms. The zero-order valence-corrected chi connectivity index (χ0v) is 16.0. The van der Waals surface area contributed by atoms with Crippen LogP contribution in [0.3, 0.4) is 0 Å². The van der Waals surface area contributed by atoms with Crippen LogP contribution >= 0.6 is 11.6 Å². The van der Waals surface area contributed by atoms with Crippen molar-refractivity contribution in [1.29, 1.82) is 0 Å². The van der Waals surface area contributed by atoms with Crippen LogP contribution in [0.15, 0.2) is 88.8 Å². The van der Waals surface area contributed by atoms with Crippen LogP contribution in [0, 0.1) is 0 Å². The van der Waals surface area contributed by atoms with Gasteiger partial charge in [0.2, 0.25) is 0 Å². The van der Waals surface area contributed by atoms with Gasteiger partial charge in [-0.3, -0.25) is 10.2 Å². The number of amidine groups is 1. The molecule has 4 nitrogen and oxygen atoms in total. The smallest absolute Gasteiger partial charge is 0.146 e. The van der Waals surface area contributed by atoms with Gasteiger partial charge in [-0.1, -0.05) is 72.3 Å². The minimum Gasteiger partial charge on any atom is -0.288 e. The molecule has 0 bridgehead atoms. The van der Waals surface area contributed by atoms with Crippen LogP contribution in [0.1, 0.15) is 11.1 Å². The maximum atomic E-state index is 10.8. The summed E-state index contributed by atoms with van der Waals surface area (Å²) in [6.45, 7) is 0.825. The van der Waals surface area contributed by atoms with Crippen molar-refractivity contribution in [2.24, 2.45) is 9.98 Å². The minimum absolute atomic E-state index is 0.214. The lowest BCUT2D eigenvalue weighted by Crippen LogP contribution is -2.31. The van der Waals surface area contributed by atoms with Crippen LogP contribution in [-0.2, 0) is 6.42 Å². The average Bonchev–Trinajstić information content (AvgIpc) is 2.84. The van der Waals surface area contributed by atoms with Crippen molar-refractivity contribution in [3.8, 4) is 0 Å². The fraction of sp³-hybridized carbons (Fsp3) is 0.130. The molecule has 3 aromatic carbocycles. The highest BCUT2D eigenvalue weighted by Crippen LogP contribution is 2.16. The quantitative estimate of drug-likeness (QED) is 0.742. The number of aliphatic imine (C=N–C) groups is 1. The van der Waals surface area contributed by atoms with Crippen LogP contribution < -0.4 is 10.6 Å². The summed E-state index contributed by atoms with van der Waals surface area (Å²) < 4.78 is 0. The molecule has 1 aliphatic rings. The third kappa shape index (κ3) is 4.14. The van der Waals surface area contributed by atoms with E-state index in [4.69, 9.17) is 16.6 Å². The molecule has 1 heterocycles. The second kappa shape index (κ2) is 8.38. The van der Waals surface area contributed by atoms with Crippen molar-refractivity contribution in [1.82, 2.24) is 5.06 Å². The van der Waals surface area contributed by atoms with Crippen LogP contribution in [-0.4, -0.2) is 29.2 Å². The van der Waals surface area contributed by atoms with Gasteiger partial charge in [0.05, 0.1) is 11.1 Å². The fourth-order valence-electron chi connectivity index (χ4n) is 3.27. The average molecular weight is 390 g/mol. The van der Waals surface area contributed by atoms with Crippen molar-refractivity contribution >= 4 is 23.1 Å². The summed E-state index contributed by atoms with van der Waals surface area (Å²) in [5.74, 6) is 0.591. The van der Waals surface area contributed by atoms with Gasteiger partial charge in [-0.05, 0) is 30.2 Å². The van der Waals surface area contributed by atoms with Crippen LogP contribution in [0.5, 0.6) is 0 Å². The molecule has 0 radical (unpaired) electrons. The third-order valence-electron chi connectivity index (χ3n) is 4.60. The van der Waals surface area contributed by atoms with Crippen molar-refractivity contribution < 1.29 is 5.21 Å². The topological polar surface area (TPSA) is 48.2 Å². The fourth-order valence-corrected chi connectivity index (χ4v) is 3.44. The largest absolute Gasteiger partial charge is 0.288 e. The minimum atomic E-state index is 0.214. The monoisotopic (exact) mass is 389 g/mol. The molecule has 0 amide bonds. The first-order valence-corrected chi connectivity index (χ1v) is 9.56. The zero-order valence-electron chi connectivity index (χ0n) is 15.3. The number of hydroxylamine groups is 2. The van der Waals surface area contributed by atoms with Crippen LogP contribution in [0.2, 0.25) is 5.02 Å². The van der Waals surface area contributed by atoms with E-state index in [1.54, 1.807) is 6.07 Å². The van der Waals surface area contributed by atoms with E-state index in [0.717, 1.165) is 22.6 Å². The summed E-state index contributed by atoms with van der Waals surface area (Å²) >= 11 is 6.23. The standard InChI is InChI=1S/C23H20ClN3O/c24-19-11-12-21-20(15-19)23(18-9-5-2-6-10-18)27(28)16-22(26-21)25-14-13-17-7-3-1-4-8-17/h1-12,15,28H,13-14,16H2. The Hall–Kier alpha value is -2.95. The molecular weight excluding hydrogens is 370 g/mol. The SMILES string of the molecule is ON1CC(=NCCc2ccccc2)N=c2ccc(Cl)cc2=C1c1ccccc1. The van der Waals surface area contributed by atoms with Crippen molar-refractivity contribution in [3.05, 3.63) is 106 Å². The number of hydrogen-bond donors (Lipinski definition) is 1. The Balaban J connectivity index is 1.74. The highest BCUT2D eigenvalue weighted by molar-refractivity contribution is 6.30. The van der Waals surface area contributed by atoms with Gasteiger partial charge in [-0.15, -0.1) is 0 Å². The van der Waals surface area contributed by atoms with Crippen molar-refractivity contribution in [2.45, 2.75) is 6.42 Å². The van der Waals surface area contributed by atoms with Crippen LogP contribution in [0.25, 0.3) is 5.70 Å². The van der Waals surface area contributed by atoms with Gasteiger partial charge in [-0.2, -0.15) is 0 Å². The maximum Gasteiger partial charge on any atom is 0.146 e. The molecular formula is C23H20ClN3O. The maximum absolute atomic E-state index is 10.8. The number of rotatable bonds is 4. The van der Waals surface area contributed by atoms with E-state index in [1.165, 1.54) is 10.6 Å². The molecule has 0 saturated carbocycles. The predicted octanol–water partition coefficient (Wildman–Crippen LogP) is 3.46. The van der Waals surface area contributed by atoms with Gasteiger partial charge in [0.1, 0.15) is 12.4 Å². The van der Waals surface area contributed by atoms with Crippen LogP contribution in [0.4, 0.5) is 0 Å². The lowest BCUT2D eigenvalue weighted by Gasteiger charge is -2.19. The number of fused-ring (bicyclic) bond motifs is 1. The molecule has 4 rings (SSSR count). The van der Waals surface area contributed by atoms with Gasteiger partial charge in [0.15, 0.2) is 0 Å². The Morgan fingerprint density at radius 2 is 1.68 bits per heavy atom. The molecule has 0 fully saturated rings. The molecule has 1 aliphatic heterocycles. The van der Waals surface area contributed by atoms with Gasteiger partial charge >= 0.3 is 0 Å². The Morgan fingerprint density at radius 3 is 2.43 bits per heavy atom. The van der Waals surface area contributed by atoms with E-state index in [9.17, 15) is 5.21 Å². The first kappa shape index (κ1) is 18.4. The normalized spacial score (nSPS) is 15.1. The van der Waals surface area contributed by atoms with Gasteiger partial charge in [0.25, 0.3) is 0 Å².